The Bertz CT molecular complexity index is 1270. The zero-order chi connectivity index (χ0) is 27.6. The zero-order valence-electron chi connectivity index (χ0n) is 21.1. The van der Waals surface area contributed by atoms with Crippen LogP contribution in [0.2, 0.25) is 0 Å². The summed E-state index contributed by atoms with van der Waals surface area (Å²) >= 11 is 0.779. The van der Waals surface area contributed by atoms with Crippen LogP contribution in [0.25, 0.3) is 0 Å². The first-order valence-electron chi connectivity index (χ1n) is 11.6. The highest BCUT2D eigenvalue weighted by Crippen LogP contribution is 2.41. The molecule has 204 valence electrons. The van der Waals surface area contributed by atoms with Gasteiger partial charge in [-0.15, -0.1) is 20.4 Å². The lowest BCUT2D eigenvalue weighted by Gasteiger charge is -2.37. The molecule has 0 saturated heterocycles. The Morgan fingerprint density at radius 2 is 1.95 bits per heavy atom. The van der Waals surface area contributed by atoms with Crippen molar-refractivity contribution in [2.75, 3.05) is 16.2 Å². The molecule has 1 aliphatic rings. The summed E-state index contributed by atoms with van der Waals surface area (Å²) < 4.78 is 70.2. The number of alkyl halides is 3. The number of aryl methyl sites for hydroxylation is 1. The van der Waals surface area contributed by atoms with Crippen LogP contribution in [0.5, 0.6) is 0 Å². The summed E-state index contributed by atoms with van der Waals surface area (Å²) in [4.78, 5) is 14.2. The Morgan fingerprint density at radius 3 is 2.57 bits per heavy atom. The Balaban J connectivity index is 2.00. The first-order chi connectivity index (χ1) is 17.1. The molecular formula is C22H29F3N6O4S2. The minimum Gasteiger partial charge on any atom is -0.455 e. The van der Waals surface area contributed by atoms with Crippen LogP contribution in [0.3, 0.4) is 0 Å². The number of sulfonamides is 1. The van der Waals surface area contributed by atoms with Crippen LogP contribution in [0.15, 0.2) is 22.4 Å². The number of hydrogen-bond donors (Lipinski definition) is 1. The van der Waals surface area contributed by atoms with E-state index in [1.165, 1.54) is 12.1 Å². The van der Waals surface area contributed by atoms with Crippen LogP contribution in [0.1, 0.15) is 69.2 Å². The molecule has 0 bridgehead atoms. The fourth-order valence-electron chi connectivity index (χ4n) is 3.64. The third-order valence-corrected chi connectivity index (χ3v) is 7.29. The van der Waals surface area contributed by atoms with Gasteiger partial charge in [-0.05, 0) is 64.7 Å². The number of unbranched alkanes of at least 4 members (excludes halogenated alkanes) is 1. The number of hydrogen-bond acceptors (Lipinski definition) is 10. The van der Waals surface area contributed by atoms with Crippen LogP contribution in [-0.4, -0.2) is 48.3 Å². The van der Waals surface area contributed by atoms with E-state index in [0.29, 0.717) is 18.7 Å². The van der Waals surface area contributed by atoms with Crippen LogP contribution < -0.4 is 9.62 Å². The van der Waals surface area contributed by atoms with E-state index in [1.807, 2.05) is 13.8 Å². The summed E-state index contributed by atoms with van der Waals surface area (Å²) in [5, 5.41) is 15.2. The predicted octanol–water partition coefficient (Wildman–Crippen LogP) is 6.11. The minimum absolute atomic E-state index is 0.0543. The van der Waals surface area contributed by atoms with Crippen molar-refractivity contribution in [3.05, 3.63) is 22.7 Å². The number of ether oxygens (including phenoxy) is 1. The van der Waals surface area contributed by atoms with E-state index in [0.717, 1.165) is 36.2 Å². The van der Waals surface area contributed by atoms with Gasteiger partial charge in [0.1, 0.15) is 11.3 Å². The van der Waals surface area contributed by atoms with E-state index in [2.05, 4.69) is 25.3 Å². The van der Waals surface area contributed by atoms with Gasteiger partial charge in [-0.1, -0.05) is 24.7 Å². The lowest BCUT2D eigenvalue weighted by atomic mass is 9.95. The molecule has 1 aromatic carbocycles. The van der Waals surface area contributed by atoms with Crippen LogP contribution >= 0.6 is 11.3 Å². The normalized spacial score (nSPS) is 16.6. The van der Waals surface area contributed by atoms with Gasteiger partial charge in [-0.25, -0.2) is 4.79 Å². The van der Waals surface area contributed by atoms with Gasteiger partial charge >= 0.3 is 21.5 Å². The molecule has 1 N–H and O–H groups in total. The molecule has 2 aromatic rings. The van der Waals surface area contributed by atoms with E-state index in [4.69, 9.17) is 4.74 Å². The molecule has 10 nitrogen and oxygen atoms in total. The van der Waals surface area contributed by atoms with Gasteiger partial charge in [0, 0.05) is 18.3 Å². The molecule has 0 amide bonds. The summed E-state index contributed by atoms with van der Waals surface area (Å²) in [6.07, 6.45) is 3.24. The van der Waals surface area contributed by atoms with Crippen molar-refractivity contribution in [3.63, 3.8) is 0 Å². The van der Waals surface area contributed by atoms with Crippen LogP contribution in [0.4, 0.5) is 35.4 Å². The number of esters is 1. The van der Waals surface area contributed by atoms with Gasteiger partial charge in [0.15, 0.2) is 0 Å². The van der Waals surface area contributed by atoms with Crippen molar-refractivity contribution in [1.29, 1.82) is 0 Å². The van der Waals surface area contributed by atoms with Crippen LogP contribution in [0, 0.1) is 0 Å². The second kappa shape index (κ2) is 10.9. The molecule has 2 heterocycles. The molecule has 1 atom stereocenters. The number of rotatable bonds is 8. The second-order valence-corrected chi connectivity index (χ2v) is 12.2. The maximum atomic E-state index is 13.2. The molecule has 15 heteroatoms. The van der Waals surface area contributed by atoms with Gasteiger partial charge in [-0.3, -0.25) is 4.72 Å². The molecule has 37 heavy (non-hydrogen) atoms. The Hall–Kier alpha value is -2.81. The molecule has 0 fully saturated rings. The SMILES string of the molecule is CCCCN1c2cc(NS(=O)(=O)C(F)(F)F)c(N=Nc3nnc(C(=O)OC(C)(C)C)s3)cc2CCC1C. The lowest BCUT2D eigenvalue weighted by Crippen LogP contribution is -2.38. The van der Waals surface area contributed by atoms with Gasteiger partial charge in [-0.2, -0.15) is 21.6 Å². The van der Waals surface area contributed by atoms with E-state index < -0.39 is 27.1 Å². The largest absolute Gasteiger partial charge is 0.516 e. The molecule has 0 spiro atoms. The van der Waals surface area contributed by atoms with Crippen molar-refractivity contribution in [2.24, 2.45) is 10.2 Å². The van der Waals surface area contributed by atoms with Crippen molar-refractivity contribution in [2.45, 2.75) is 77.5 Å². The van der Waals surface area contributed by atoms with Crippen LogP contribution in [-0.2, 0) is 21.2 Å². The summed E-state index contributed by atoms with van der Waals surface area (Å²) in [5.41, 5.74) is -5.30. The standard InChI is InChI=1S/C22H29F3N6O4S2/c1-6-7-10-31-13(2)8-9-14-11-15(16(12-17(14)31)30-37(33,34)22(23,24)25)26-28-20-29-27-18(36-20)19(32)35-21(3,4)5/h11-13,30H,6-10H2,1-5H3. The second-order valence-electron chi connectivity index (χ2n) is 9.58. The highest BCUT2D eigenvalue weighted by molar-refractivity contribution is 7.93. The number of nitrogens with one attached hydrogen (secondary N) is 1. The van der Waals surface area contributed by atoms with Crippen molar-refractivity contribution >= 4 is 49.5 Å². The Kier molecular flexibility index (Phi) is 8.47. The van der Waals surface area contributed by atoms with E-state index in [9.17, 15) is 26.4 Å². The van der Waals surface area contributed by atoms with Gasteiger partial charge in [0.2, 0.25) is 5.01 Å². The fraction of sp³-hybridized carbons (Fsp3) is 0.591. The third-order valence-electron chi connectivity index (χ3n) is 5.40. The van der Waals surface area contributed by atoms with Gasteiger partial charge < -0.3 is 9.64 Å². The van der Waals surface area contributed by atoms with Gasteiger partial charge in [0.25, 0.3) is 5.13 Å². The molecule has 3 rings (SSSR count). The maximum Gasteiger partial charge on any atom is 0.516 e. The van der Waals surface area contributed by atoms with E-state index >= 15 is 0 Å². The van der Waals surface area contributed by atoms with Crippen molar-refractivity contribution in [3.8, 4) is 0 Å². The number of azo groups is 1. The van der Waals surface area contributed by atoms with Crippen molar-refractivity contribution in [1.82, 2.24) is 10.2 Å². The number of carbonyl (C=O) groups excluding carboxylic acids is 1. The zero-order valence-corrected chi connectivity index (χ0v) is 22.7. The minimum atomic E-state index is -5.71. The number of carbonyl (C=O) groups is 1. The predicted molar refractivity (Wildman–Crippen MR) is 134 cm³/mol. The van der Waals surface area contributed by atoms with E-state index in [1.54, 1.807) is 25.5 Å². The van der Waals surface area contributed by atoms with Gasteiger partial charge in [0.05, 0.1) is 5.69 Å². The average molecular weight is 563 g/mol. The number of halogens is 3. The molecule has 1 aromatic heterocycles. The molecule has 0 saturated carbocycles. The summed E-state index contributed by atoms with van der Waals surface area (Å²) in [6, 6.07) is 3.02. The number of nitrogens with zero attached hydrogens (tertiary/aromatic N) is 5. The summed E-state index contributed by atoms with van der Waals surface area (Å²) in [6.45, 7) is 9.80. The number of benzene rings is 1. The third kappa shape index (κ3) is 7.15. The molecule has 0 radical (unpaired) electrons. The average Bonchev–Trinajstić information content (AvgIpc) is 3.24. The molecule has 1 unspecified atom stereocenters. The quantitative estimate of drug-likeness (QED) is 0.304. The highest BCUT2D eigenvalue weighted by Gasteiger charge is 2.46. The first-order valence-corrected chi connectivity index (χ1v) is 13.9. The monoisotopic (exact) mass is 562 g/mol. The summed E-state index contributed by atoms with van der Waals surface area (Å²) in [5.74, 6) is -0.708. The highest BCUT2D eigenvalue weighted by atomic mass is 32.2. The molecule has 0 aliphatic carbocycles. The molecular weight excluding hydrogens is 533 g/mol. The number of anilines is 2. The van der Waals surface area contributed by atoms with Crippen molar-refractivity contribution < 1.29 is 31.1 Å². The fourth-order valence-corrected chi connectivity index (χ4v) is 4.75. The lowest BCUT2D eigenvalue weighted by molar-refractivity contribution is -0.0429. The Labute approximate surface area is 217 Å². The smallest absolute Gasteiger partial charge is 0.455 e. The molecule has 1 aliphatic heterocycles. The number of aromatic nitrogens is 2. The summed E-state index contributed by atoms with van der Waals surface area (Å²) in [7, 11) is -5.71. The first kappa shape index (κ1) is 28.8. The topological polar surface area (TPSA) is 126 Å². The van der Waals surface area contributed by atoms with E-state index in [-0.39, 0.29) is 27.6 Å². The number of fused-ring (bicyclic) bond motifs is 1. The Morgan fingerprint density at radius 1 is 1.24 bits per heavy atom. The maximum absolute atomic E-state index is 13.2.